The molecule has 0 aliphatic rings. The fourth-order valence-corrected chi connectivity index (χ4v) is 1.38. The van der Waals surface area contributed by atoms with Crippen LogP contribution in [0.2, 0.25) is 5.02 Å². The van der Waals surface area contributed by atoms with Crippen molar-refractivity contribution in [3.63, 3.8) is 0 Å². The molecule has 4 heteroatoms. The Morgan fingerprint density at radius 3 is 2.53 bits per heavy atom. The average molecular weight is 226 g/mol. The molecule has 1 aromatic rings. The Kier molecular flexibility index (Phi) is 3.81. The Morgan fingerprint density at radius 2 is 2.07 bits per heavy atom. The third kappa shape index (κ3) is 2.77. The first-order valence-electron chi connectivity index (χ1n) is 4.52. The van der Waals surface area contributed by atoms with Gasteiger partial charge in [0.1, 0.15) is 11.8 Å². The van der Waals surface area contributed by atoms with Crippen molar-refractivity contribution in [2.24, 2.45) is 0 Å². The highest BCUT2D eigenvalue weighted by molar-refractivity contribution is 6.32. The second-order valence-corrected chi connectivity index (χ2v) is 3.67. The van der Waals surface area contributed by atoms with Gasteiger partial charge in [-0.1, -0.05) is 11.6 Å². The summed E-state index contributed by atoms with van der Waals surface area (Å²) in [5.41, 5.74) is 0.382. The molecule has 80 valence electrons. The number of halogens is 1. The van der Waals surface area contributed by atoms with Gasteiger partial charge in [-0.25, -0.2) is 0 Å². The first-order chi connectivity index (χ1) is 7.08. The van der Waals surface area contributed by atoms with E-state index in [0.29, 0.717) is 22.1 Å². The summed E-state index contributed by atoms with van der Waals surface area (Å²) in [7, 11) is 1.52. The van der Waals surface area contributed by atoms with Crippen LogP contribution in [-0.2, 0) is 0 Å². The fourth-order valence-electron chi connectivity index (χ4n) is 1.12. The first kappa shape index (κ1) is 11.7. The van der Waals surface area contributed by atoms with Gasteiger partial charge >= 0.3 is 0 Å². The summed E-state index contributed by atoms with van der Waals surface area (Å²) in [4.78, 5) is 0. The quantitative estimate of drug-likeness (QED) is 0.794. The van der Waals surface area contributed by atoms with Crippen LogP contribution in [0.25, 0.3) is 0 Å². The van der Waals surface area contributed by atoms with E-state index in [1.54, 1.807) is 12.1 Å². The Hall–Kier alpha value is -1.40. The zero-order valence-electron chi connectivity index (χ0n) is 8.87. The van der Waals surface area contributed by atoms with Gasteiger partial charge in [-0.2, -0.15) is 5.26 Å². The van der Waals surface area contributed by atoms with E-state index >= 15 is 0 Å². The van der Waals surface area contributed by atoms with Gasteiger partial charge in [0, 0.05) is 12.1 Å². The molecule has 0 spiro atoms. The summed E-state index contributed by atoms with van der Waals surface area (Å²) in [6.07, 6.45) is -0.0250. The fraction of sp³-hybridized carbons (Fsp3) is 0.364. The number of ether oxygens (including phenoxy) is 2. The molecule has 1 rings (SSSR count). The molecule has 0 aliphatic heterocycles. The molecule has 0 saturated carbocycles. The van der Waals surface area contributed by atoms with E-state index in [2.05, 4.69) is 0 Å². The third-order valence-corrected chi connectivity index (χ3v) is 2.01. The van der Waals surface area contributed by atoms with Crippen LogP contribution in [0, 0.1) is 11.3 Å². The highest BCUT2D eigenvalue weighted by Gasteiger charge is 2.12. The van der Waals surface area contributed by atoms with Crippen molar-refractivity contribution in [1.29, 1.82) is 5.26 Å². The van der Waals surface area contributed by atoms with Crippen molar-refractivity contribution < 1.29 is 9.47 Å². The van der Waals surface area contributed by atoms with Gasteiger partial charge in [0.05, 0.1) is 23.8 Å². The Morgan fingerprint density at radius 1 is 1.40 bits per heavy atom. The molecular formula is C11H12ClNO2. The molecule has 0 saturated heterocycles. The number of benzene rings is 1. The zero-order valence-corrected chi connectivity index (χ0v) is 9.63. The maximum atomic E-state index is 8.93. The summed E-state index contributed by atoms with van der Waals surface area (Å²) in [6.45, 7) is 3.75. The molecule has 0 amide bonds. The highest BCUT2D eigenvalue weighted by atomic mass is 35.5. The highest BCUT2D eigenvalue weighted by Crippen LogP contribution is 2.33. The number of hydrogen-bond acceptors (Lipinski definition) is 3. The predicted molar refractivity (Wildman–Crippen MR) is 58.5 cm³/mol. The van der Waals surface area contributed by atoms with Crippen LogP contribution in [0.4, 0.5) is 0 Å². The molecule has 0 N–H and O–H groups in total. The number of hydrogen-bond donors (Lipinski definition) is 0. The van der Waals surface area contributed by atoms with E-state index < -0.39 is 0 Å². The van der Waals surface area contributed by atoms with E-state index in [1.165, 1.54) is 7.11 Å². The monoisotopic (exact) mass is 225 g/mol. The number of nitriles is 1. The van der Waals surface area contributed by atoms with Crippen molar-refractivity contribution in [1.82, 2.24) is 0 Å². The van der Waals surface area contributed by atoms with Crippen molar-refractivity contribution in [3.8, 4) is 17.6 Å². The van der Waals surface area contributed by atoms with Crippen LogP contribution in [0.15, 0.2) is 12.1 Å². The van der Waals surface area contributed by atoms with E-state index in [1.807, 2.05) is 19.9 Å². The average Bonchev–Trinajstić information content (AvgIpc) is 2.20. The molecule has 15 heavy (non-hydrogen) atoms. The van der Waals surface area contributed by atoms with E-state index in [9.17, 15) is 0 Å². The summed E-state index contributed by atoms with van der Waals surface area (Å²) in [5.74, 6) is 0.961. The molecule has 1 aromatic carbocycles. The Balaban J connectivity index is 3.20. The summed E-state index contributed by atoms with van der Waals surface area (Å²) in [6, 6.07) is 5.25. The molecule has 0 bridgehead atoms. The minimum Gasteiger partial charge on any atom is -0.497 e. The molecular weight excluding hydrogens is 214 g/mol. The minimum absolute atomic E-state index is 0.0250. The molecule has 0 radical (unpaired) electrons. The van der Waals surface area contributed by atoms with Crippen LogP contribution in [0.5, 0.6) is 11.5 Å². The van der Waals surface area contributed by atoms with Crippen molar-refractivity contribution in [3.05, 3.63) is 22.7 Å². The van der Waals surface area contributed by atoms with Crippen LogP contribution in [0.3, 0.4) is 0 Å². The number of methoxy groups -OCH3 is 1. The molecule has 3 nitrogen and oxygen atoms in total. The van der Waals surface area contributed by atoms with Crippen molar-refractivity contribution in [2.45, 2.75) is 20.0 Å². The van der Waals surface area contributed by atoms with E-state index in [0.717, 1.165) is 0 Å². The lowest BCUT2D eigenvalue weighted by Gasteiger charge is -2.13. The molecule has 0 heterocycles. The second kappa shape index (κ2) is 4.90. The second-order valence-electron chi connectivity index (χ2n) is 3.26. The Labute approximate surface area is 94.2 Å². The predicted octanol–water partition coefficient (Wildman–Crippen LogP) is 3.01. The van der Waals surface area contributed by atoms with Gasteiger partial charge < -0.3 is 9.47 Å². The standard InChI is InChI=1S/C11H12ClNO2/c1-7(2)15-11-8(6-13)4-9(14-3)5-10(11)12/h4-5,7H,1-3H3. The summed E-state index contributed by atoms with van der Waals surface area (Å²) in [5, 5.41) is 9.32. The van der Waals surface area contributed by atoms with Gasteiger partial charge in [0.2, 0.25) is 0 Å². The Bertz CT molecular complexity index is 396. The van der Waals surface area contributed by atoms with Gasteiger partial charge in [-0.3, -0.25) is 0 Å². The summed E-state index contributed by atoms with van der Waals surface area (Å²) >= 11 is 5.98. The number of rotatable bonds is 3. The van der Waals surface area contributed by atoms with Crippen LogP contribution in [-0.4, -0.2) is 13.2 Å². The van der Waals surface area contributed by atoms with E-state index in [4.69, 9.17) is 26.3 Å². The molecule has 0 fully saturated rings. The normalized spacial score (nSPS) is 9.87. The lowest BCUT2D eigenvalue weighted by molar-refractivity contribution is 0.241. The maximum absolute atomic E-state index is 8.93. The smallest absolute Gasteiger partial charge is 0.156 e. The van der Waals surface area contributed by atoms with Crippen LogP contribution in [0.1, 0.15) is 19.4 Å². The SMILES string of the molecule is COc1cc(Cl)c(OC(C)C)c(C#N)c1. The lowest BCUT2D eigenvalue weighted by atomic mass is 10.2. The largest absolute Gasteiger partial charge is 0.497 e. The van der Waals surface area contributed by atoms with Gasteiger partial charge in [-0.15, -0.1) is 0 Å². The van der Waals surface area contributed by atoms with Crippen molar-refractivity contribution >= 4 is 11.6 Å². The maximum Gasteiger partial charge on any atom is 0.156 e. The first-order valence-corrected chi connectivity index (χ1v) is 4.90. The molecule has 0 unspecified atom stereocenters. The van der Waals surface area contributed by atoms with Crippen LogP contribution < -0.4 is 9.47 Å². The lowest BCUT2D eigenvalue weighted by Crippen LogP contribution is -2.07. The third-order valence-electron chi connectivity index (χ3n) is 1.73. The van der Waals surface area contributed by atoms with Crippen LogP contribution >= 0.6 is 11.6 Å². The number of nitrogens with zero attached hydrogens (tertiary/aromatic N) is 1. The molecule has 0 aromatic heterocycles. The molecule has 0 aliphatic carbocycles. The van der Waals surface area contributed by atoms with Gasteiger partial charge in [-0.05, 0) is 13.8 Å². The topological polar surface area (TPSA) is 42.2 Å². The van der Waals surface area contributed by atoms with E-state index in [-0.39, 0.29) is 6.10 Å². The summed E-state index contributed by atoms with van der Waals surface area (Å²) < 4.78 is 10.5. The molecule has 0 atom stereocenters. The van der Waals surface area contributed by atoms with Gasteiger partial charge in [0.15, 0.2) is 5.75 Å². The van der Waals surface area contributed by atoms with Crippen molar-refractivity contribution in [2.75, 3.05) is 7.11 Å². The zero-order chi connectivity index (χ0) is 11.4. The minimum atomic E-state index is -0.0250. The van der Waals surface area contributed by atoms with Gasteiger partial charge in [0.25, 0.3) is 0 Å².